The van der Waals surface area contributed by atoms with Gasteiger partial charge in [0.15, 0.2) is 0 Å². The first-order valence-corrected chi connectivity index (χ1v) is 6.30. The predicted octanol–water partition coefficient (Wildman–Crippen LogP) is 1.63. The lowest BCUT2D eigenvalue weighted by Crippen LogP contribution is -2.27. The highest BCUT2D eigenvalue weighted by molar-refractivity contribution is 5.98. The fourth-order valence-corrected chi connectivity index (χ4v) is 1.68. The van der Waals surface area contributed by atoms with Gasteiger partial charge in [-0.15, -0.1) is 0 Å². The van der Waals surface area contributed by atoms with Crippen molar-refractivity contribution in [1.82, 2.24) is 10.6 Å². The molecule has 0 radical (unpaired) electrons. The van der Waals surface area contributed by atoms with Crippen molar-refractivity contribution in [2.45, 2.75) is 20.3 Å². The number of nitrogens with one attached hydrogen (secondary N) is 2. The van der Waals surface area contributed by atoms with Gasteiger partial charge in [0.05, 0.1) is 4.92 Å². The van der Waals surface area contributed by atoms with E-state index in [4.69, 9.17) is 0 Å². The van der Waals surface area contributed by atoms with Crippen LogP contribution in [0.2, 0.25) is 0 Å². The lowest BCUT2D eigenvalue weighted by molar-refractivity contribution is -0.385. The largest absolute Gasteiger partial charge is 0.352 e. The average Bonchev–Trinajstić information content (AvgIpc) is 2.37. The Morgan fingerprint density at radius 3 is 2.74 bits per heavy atom. The molecule has 6 nitrogen and oxygen atoms in total. The first-order chi connectivity index (χ1) is 9.06. The van der Waals surface area contributed by atoms with Crippen LogP contribution in [0.15, 0.2) is 18.2 Å². The van der Waals surface area contributed by atoms with Gasteiger partial charge in [0.2, 0.25) is 0 Å². The minimum atomic E-state index is -0.535. The van der Waals surface area contributed by atoms with Crippen molar-refractivity contribution in [3.05, 3.63) is 39.4 Å². The van der Waals surface area contributed by atoms with Crippen LogP contribution in [0.1, 0.15) is 29.3 Å². The lowest BCUT2D eigenvalue weighted by atomic mass is 10.1. The van der Waals surface area contributed by atoms with Crippen molar-refractivity contribution in [3.8, 4) is 0 Å². The Hall–Kier alpha value is -1.95. The van der Waals surface area contributed by atoms with Crippen LogP contribution in [0, 0.1) is 17.0 Å². The molecule has 0 aliphatic carbocycles. The van der Waals surface area contributed by atoms with E-state index < -0.39 is 10.8 Å². The van der Waals surface area contributed by atoms with Gasteiger partial charge in [0.25, 0.3) is 11.6 Å². The minimum Gasteiger partial charge on any atom is -0.352 e. The Kier molecular flexibility index (Phi) is 5.95. The van der Waals surface area contributed by atoms with E-state index in [1.807, 2.05) is 6.92 Å². The molecule has 19 heavy (non-hydrogen) atoms. The number of nitrogens with zero attached hydrogens (tertiary/aromatic N) is 1. The molecule has 2 N–H and O–H groups in total. The van der Waals surface area contributed by atoms with E-state index in [-0.39, 0.29) is 11.3 Å². The highest BCUT2D eigenvalue weighted by Crippen LogP contribution is 2.19. The molecule has 0 fully saturated rings. The Bertz CT molecular complexity index is 460. The highest BCUT2D eigenvalue weighted by atomic mass is 16.6. The molecule has 0 aliphatic heterocycles. The first kappa shape index (κ1) is 15.1. The smallest absolute Gasteiger partial charge is 0.282 e. The zero-order chi connectivity index (χ0) is 14.3. The van der Waals surface area contributed by atoms with Gasteiger partial charge in [-0.1, -0.05) is 13.0 Å². The standard InChI is InChI=1S/C13H19N3O3/c1-3-14-7-4-8-15-13(17)11-9-10(2)5-6-12(11)16(18)19/h5-6,9,14H,3-4,7-8H2,1-2H3,(H,15,17). The molecule has 0 aromatic heterocycles. The van der Waals surface area contributed by atoms with Crippen LogP contribution >= 0.6 is 0 Å². The van der Waals surface area contributed by atoms with Crippen molar-refractivity contribution in [2.75, 3.05) is 19.6 Å². The Morgan fingerprint density at radius 1 is 1.37 bits per heavy atom. The number of carbonyl (C=O) groups is 1. The predicted molar refractivity (Wildman–Crippen MR) is 73.3 cm³/mol. The van der Waals surface area contributed by atoms with Crippen molar-refractivity contribution in [3.63, 3.8) is 0 Å². The van der Waals surface area contributed by atoms with Gasteiger partial charge in [0, 0.05) is 12.6 Å². The Labute approximate surface area is 112 Å². The van der Waals surface area contributed by atoms with Gasteiger partial charge in [-0.3, -0.25) is 14.9 Å². The van der Waals surface area contributed by atoms with Crippen LogP contribution < -0.4 is 10.6 Å². The summed E-state index contributed by atoms with van der Waals surface area (Å²) in [6.07, 6.45) is 0.791. The summed E-state index contributed by atoms with van der Waals surface area (Å²) in [5, 5.41) is 16.7. The molecule has 0 aliphatic rings. The number of hydrogen-bond acceptors (Lipinski definition) is 4. The number of rotatable bonds is 7. The molecular formula is C13H19N3O3. The van der Waals surface area contributed by atoms with E-state index in [9.17, 15) is 14.9 Å². The van der Waals surface area contributed by atoms with Crippen LogP contribution in [-0.4, -0.2) is 30.5 Å². The second-order valence-corrected chi connectivity index (χ2v) is 4.24. The van der Waals surface area contributed by atoms with E-state index in [1.54, 1.807) is 13.0 Å². The fraction of sp³-hybridized carbons (Fsp3) is 0.462. The summed E-state index contributed by atoms with van der Waals surface area (Å²) in [6.45, 7) is 6.00. The van der Waals surface area contributed by atoms with Crippen molar-refractivity contribution < 1.29 is 9.72 Å². The molecule has 1 amide bonds. The van der Waals surface area contributed by atoms with Gasteiger partial charge in [-0.25, -0.2) is 0 Å². The zero-order valence-corrected chi connectivity index (χ0v) is 11.2. The zero-order valence-electron chi connectivity index (χ0n) is 11.2. The third-order valence-corrected chi connectivity index (χ3v) is 2.66. The van der Waals surface area contributed by atoms with E-state index in [0.717, 1.165) is 25.1 Å². The molecule has 1 rings (SSSR count). The number of nitro groups is 1. The van der Waals surface area contributed by atoms with E-state index in [0.29, 0.717) is 6.54 Å². The molecule has 1 aromatic rings. The third-order valence-electron chi connectivity index (χ3n) is 2.66. The van der Waals surface area contributed by atoms with Gasteiger partial charge in [0.1, 0.15) is 5.56 Å². The number of hydrogen-bond donors (Lipinski definition) is 2. The summed E-state index contributed by atoms with van der Waals surface area (Å²) < 4.78 is 0. The molecule has 0 unspecified atom stereocenters. The van der Waals surface area contributed by atoms with Crippen LogP contribution in [-0.2, 0) is 0 Å². The second kappa shape index (κ2) is 7.48. The maximum absolute atomic E-state index is 11.9. The molecule has 1 aromatic carbocycles. The van der Waals surface area contributed by atoms with Crippen LogP contribution in [0.5, 0.6) is 0 Å². The van der Waals surface area contributed by atoms with Gasteiger partial charge in [-0.2, -0.15) is 0 Å². The summed E-state index contributed by atoms with van der Waals surface area (Å²) in [5.41, 5.74) is 0.784. The summed E-state index contributed by atoms with van der Waals surface area (Å²) in [5.74, 6) is -0.396. The molecule has 0 atom stereocenters. The lowest BCUT2D eigenvalue weighted by Gasteiger charge is -2.07. The Balaban J connectivity index is 2.65. The summed E-state index contributed by atoms with van der Waals surface area (Å²) in [6, 6.07) is 4.53. The van der Waals surface area contributed by atoms with E-state index >= 15 is 0 Å². The van der Waals surface area contributed by atoms with Crippen LogP contribution in [0.4, 0.5) is 5.69 Å². The molecule has 0 spiro atoms. The van der Waals surface area contributed by atoms with Crippen LogP contribution in [0.25, 0.3) is 0 Å². The summed E-state index contributed by atoms with van der Waals surface area (Å²) >= 11 is 0. The number of amides is 1. The first-order valence-electron chi connectivity index (χ1n) is 6.30. The molecule has 0 saturated heterocycles. The summed E-state index contributed by atoms with van der Waals surface area (Å²) in [4.78, 5) is 22.3. The molecule has 0 bridgehead atoms. The molecule has 0 saturated carbocycles. The number of carbonyl (C=O) groups excluding carboxylic acids is 1. The Morgan fingerprint density at radius 2 is 2.11 bits per heavy atom. The fourth-order valence-electron chi connectivity index (χ4n) is 1.68. The van der Waals surface area contributed by atoms with Gasteiger partial charge in [-0.05, 0) is 38.1 Å². The van der Waals surface area contributed by atoms with E-state index in [1.165, 1.54) is 12.1 Å². The number of nitro benzene ring substituents is 1. The number of benzene rings is 1. The second-order valence-electron chi connectivity index (χ2n) is 4.24. The normalized spacial score (nSPS) is 10.2. The van der Waals surface area contributed by atoms with Crippen molar-refractivity contribution in [1.29, 1.82) is 0 Å². The summed E-state index contributed by atoms with van der Waals surface area (Å²) in [7, 11) is 0. The maximum atomic E-state index is 11.9. The highest BCUT2D eigenvalue weighted by Gasteiger charge is 2.19. The molecule has 0 heterocycles. The van der Waals surface area contributed by atoms with Crippen LogP contribution in [0.3, 0.4) is 0 Å². The monoisotopic (exact) mass is 265 g/mol. The molecule has 6 heteroatoms. The van der Waals surface area contributed by atoms with Crippen molar-refractivity contribution >= 4 is 11.6 Å². The minimum absolute atomic E-state index is 0.119. The van der Waals surface area contributed by atoms with Crippen molar-refractivity contribution in [2.24, 2.45) is 0 Å². The van der Waals surface area contributed by atoms with E-state index in [2.05, 4.69) is 10.6 Å². The third kappa shape index (κ3) is 4.67. The van der Waals surface area contributed by atoms with Gasteiger partial charge >= 0.3 is 0 Å². The quantitative estimate of drug-likeness (QED) is 0.446. The topological polar surface area (TPSA) is 84.3 Å². The SMILES string of the molecule is CCNCCCNC(=O)c1cc(C)ccc1[N+](=O)[O-]. The molecule has 104 valence electrons. The average molecular weight is 265 g/mol. The maximum Gasteiger partial charge on any atom is 0.282 e. The molecular weight excluding hydrogens is 246 g/mol. The number of aryl methyl sites for hydroxylation is 1. The van der Waals surface area contributed by atoms with Gasteiger partial charge < -0.3 is 10.6 Å².